The number of allylic oxidation sites excluding steroid dienone is 1. The molecule has 4 rings (SSSR count). The fourth-order valence-electron chi connectivity index (χ4n) is 3.82. The molecule has 2 aromatic heterocycles. The van der Waals surface area contributed by atoms with Crippen LogP contribution in [0.4, 0.5) is 0 Å². The highest BCUT2D eigenvalue weighted by Gasteiger charge is 2.36. The molecule has 0 amide bonds. The number of aromatic amines is 1. The van der Waals surface area contributed by atoms with Gasteiger partial charge in [-0.15, -0.1) is 0 Å². The summed E-state index contributed by atoms with van der Waals surface area (Å²) >= 11 is 3.47. The van der Waals surface area contributed by atoms with E-state index in [1.807, 2.05) is 43.5 Å². The minimum Gasteiger partial charge on any atom is -0.496 e. The molecule has 1 unspecified atom stereocenters. The van der Waals surface area contributed by atoms with E-state index in [0.717, 1.165) is 10.2 Å². The summed E-state index contributed by atoms with van der Waals surface area (Å²) < 4.78 is 13.7. The number of aryl methyl sites for hydroxylation is 1. The third kappa shape index (κ3) is 3.68. The van der Waals surface area contributed by atoms with E-state index in [4.69, 9.17) is 15.2 Å². The fourth-order valence-corrected chi connectivity index (χ4v) is 4.20. The lowest BCUT2D eigenvalue weighted by atomic mass is 9.83. The van der Waals surface area contributed by atoms with Gasteiger partial charge in [0.2, 0.25) is 5.88 Å². The van der Waals surface area contributed by atoms with E-state index in [9.17, 15) is 10.1 Å². The topological polar surface area (TPSA) is 104 Å². The number of hydrogen-bond donors (Lipinski definition) is 1. The predicted octanol–water partition coefficient (Wildman–Crippen LogP) is 3.01. The average Bonchev–Trinajstić information content (AvgIpc) is 2.76. The Hall–Kier alpha value is -3.57. The number of aromatic nitrogens is 2. The van der Waals surface area contributed by atoms with Gasteiger partial charge in [0, 0.05) is 33.9 Å². The number of methoxy groups -OCH3 is 1. The molecule has 0 saturated heterocycles. The number of rotatable bonds is 4. The maximum Gasteiger partial charge on any atom is 0.259 e. The minimum absolute atomic E-state index is 0.0185. The summed E-state index contributed by atoms with van der Waals surface area (Å²) in [7, 11) is 1.55. The molecule has 8 heteroatoms. The number of ether oxygens (including phenoxy) is 2. The average molecular weight is 480 g/mol. The number of nitrogens with one attached hydrogen (secondary N) is 1. The van der Waals surface area contributed by atoms with Gasteiger partial charge in [-0.25, -0.2) is 4.98 Å². The quantitative estimate of drug-likeness (QED) is 0.619. The molecule has 3 N–H and O–H groups in total. The first-order chi connectivity index (χ1) is 14.9. The Kier molecular flexibility index (Phi) is 5.53. The van der Waals surface area contributed by atoms with Crippen molar-refractivity contribution in [1.29, 1.82) is 5.26 Å². The summed E-state index contributed by atoms with van der Waals surface area (Å²) in [6.45, 7) is 2.19. The Balaban J connectivity index is 1.98. The number of H-pyrrole nitrogens is 1. The van der Waals surface area contributed by atoms with Gasteiger partial charge in [0.15, 0.2) is 11.9 Å². The number of nitrogens with zero attached hydrogens (tertiary/aromatic N) is 2. The van der Waals surface area contributed by atoms with Crippen molar-refractivity contribution in [3.63, 3.8) is 0 Å². The molecule has 7 nitrogen and oxygen atoms in total. The van der Waals surface area contributed by atoms with E-state index >= 15 is 0 Å². The molecule has 0 fully saturated rings. The van der Waals surface area contributed by atoms with Gasteiger partial charge in [-0.05, 0) is 25.1 Å². The molecular weight excluding hydrogens is 460 g/mol. The lowest BCUT2D eigenvalue weighted by Gasteiger charge is -2.28. The second-order valence-corrected chi connectivity index (χ2v) is 8.07. The highest BCUT2D eigenvalue weighted by atomic mass is 79.9. The van der Waals surface area contributed by atoms with Crippen molar-refractivity contribution >= 4 is 15.9 Å². The first-order valence-corrected chi connectivity index (χ1v) is 10.3. The monoisotopic (exact) mass is 479 g/mol. The van der Waals surface area contributed by atoms with Crippen LogP contribution in [0.1, 0.15) is 28.4 Å². The molecule has 0 bridgehead atoms. The lowest BCUT2D eigenvalue weighted by molar-refractivity contribution is -0.390. The normalized spacial score (nSPS) is 15.1. The number of fused-ring (bicyclic) bond motifs is 1. The molecule has 3 heterocycles. The minimum atomic E-state index is -0.722. The van der Waals surface area contributed by atoms with Crippen molar-refractivity contribution in [2.45, 2.75) is 19.4 Å². The molecule has 0 spiro atoms. The molecule has 1 aliphatic rings. The van der Waals surface area contributed by atoms with E-state index in [1.165, 1.54) is 0 Å². The Bertz CT molecular complexity index is 1290. The Morgan fingerprint density at radius 1 is 1.32 bits per heavy atom. The van der Waals surface area contributed by atoms with Crippen molar-refractivity contribution in [2.75, 3.05) is 7.11 Å². The lowest BCUT2D eigenvalue weighted by Crippen LogP contribution is -2.34. The maximum absolute atomic E-state index is 13.7. The smallest absolute Gasteiger partial charge is 0.259 e. The third-order valence-electron chi connectivity index (χ3n) is 5.29. The summed E-state index contributed by atoms with van der Waals surface area (Å²) in [6.07, 6.45) is 1.81. The molecular formula is C23H20BrN4O3+. The van der Waals surface area contributed by atoms with Crippen LogP contribution in [0, 0.1) is 18.3 Å². The van der Waals surface area contributed by atoms with E-state index in [-0.39, 0.29) is 17.0 Å². The number of benzene rings is 1. The van der Waals surface area contributed by atoms with Gasteiger partial charge in [0.1, 0.15) is 29.7 Å². The molecule has 0 saturated carbocycles. The second kappa shape index (κ2) is 8.28. The van der Waals surface area contributed by atoms with Gasteiger partial charge in [-0.1, -0.05) is 22.0 Å². The van der Waals surface area contributed by atoms with E-state index in [0.29, 0.717) is 34.9 Å². The first kappa shape index (κ1) is 20.7. The zero-order chi connectivity index (χ0) is 22.1. The van der Waals surface area contributed by atoms with Gasteiger partial charge in [-0.3, -0.25) is 4.79 Å². The van der Waals surface area contributed by atoms with Crippen LogP contribution in [0.5, 0.6) is 11.5 Å². The molecule has 3 aromatic rings. The van der Waals surface area contributed by atoms with Crippen molar-refractivity contribution in [3.05, 3.63) is 97.5 Å². The van der Waals surface area contributed by atoms with Crippen molar-refractivity contribution in [2.24, 2.45) is 5.73 Å². The van der Waals surface area contributed by atoms with Gasteiger partial charge in [-0.2, -0.15) is 5.26 Å². The fraction of sp³-hybridized carbons (Fsp3) is 0.174. The molecule has 0 radical (unpaired) electrons. The van der Waals surface area contributed by atoms with Crippen LogP contribution in [0.25, 0.3) is 0 Å². The van der Waals surface area contributed by atoms with Crippen molar-refractivity contribution in [3.8, 4) is 17.6 Å². The van der Waals surface area contributed by atoms with E-state index < -0.39 is 5.92 Å². The summed E-state index contributed by atoms with van der Waals surface area (Å²) in [4.78, 5) is 16.9. The summed E-state index contributed by atoms with van der Waals surface area (Å²) in [5.41, 5.74) is 8.60. The van der Waals surface area contributed by atoms with Gasteiger partial charge < -0.3 is 19.8 Å². The standard InChI is InChI=1S/C23H19BrN4O3/c1-13-9-19-21(23(29)28(13)12-15-5-3-4-8-27-15)20(17(11-25)22(26)31-19)16-10-14(24)6-7-18(16)30-2/h3-10,20H,12,26H2,1-2H3/p+1. The first-order valence-electron chi connectivity index (χ1n) is 9.55. The van der Waals surface area contributed by atoms with Crippen molar-refractivity contribution < 1.29 is 14.5 Å². The van der Waals surface area contributed by atoms with Crippen molar-refractivity contribution in [1.82, 2.24) is 4.57 Å². The van der Waals surface area contributed by atoms with Crippen LogP contribution in [0.3, 0.4) is 0 Å². The van der Waals surface area contributed by atoms with Crippen LogP contribution in [0.15, 0.2) is 69.4 Å². The van der Waals surface area contributed by atoms with Gasteiger partial charge in [0.25, 0.3) is 5.56 Å². The highest BCUT2D eigenvalue weighted by molar-refractivity contribution is 9.10. The summed E-state index contributed by atoms with van der Waals surface area (Å²) in [5.74, 6) is 0.152. The van der Waals surface area contributed by atoms with Gasteiger partial charge >= 0.3 is 0 Å². The highest BCUT2D eigenvalue weighted by Crippen LogP contribution is 2.44. The number of pyridine rings is 2. The molecule has 31 heavy (non-hydrogen) atoms. The number of nitrogens with two attached hydrogens (primary N) is 1. The summed E-state index contributed by atoms with van der Waals surface area (Å²) in [5, 5.41) is 9.87. The SMILES string of the molecule is COc1ccc(Br)cc1C1C(C#N)=C(N)Oc2cc(C)n(Cc3cccc[nH+]3)c(=O)c21. The zero-order valence-electron chi connectivity index (χ0n) is 17.0. The molecule has 156 valence electrons. The van der Waals surface area contributed by atoms with Crippen LogP contribution < -0.4 is 25.8 Å². The Morgan fingerprint density at radius 3 is 2.81 bits per heavy atom. The predicted molar refractivity (Wildman–Crippen MR) is 118 cm³/mol. The largest absolute Gasteiger partial charge is 0.496 e. The number of nitriles is 1. The molecule has 1 aliphatic heterocycles. The summed E-state index contributed by atoms with van der Waals surface area (Å²) in [6, 6.07) is 15.0. The number of halogens is 1. The van der Waals surface area contributed by atoms with E-state index in [2.05, 4.69) is 27.0 Å². The molecule has 0 aliphatic carbocycles. The third-order valence-corrected chi connectivity index (χ3v) is 5.79. The number of hydrogen-bond acceptors (Lipinski definition) is 5. The van der Waals surface area contributed by atoms with Crippen LogP contribution in [0.2, 0.25) is 0 Å². The maximum atomic E-state index is 13.7. The van der Waals surface area contributed by atoms with Crippen LogP contribution in [-0.2, 0) is 6.54 Å². The molecule has 1 aromatic carbocycles. The Morgan fingerprint density at radius 2 is 2.13 bits per heavy atom. The van der Waals surface area contributed by atoms with Gasteiger partial charge in [0.05, 0.1) is 18.6 Å². The zero-order valence-corrected chi connectivity index (χ0v) is 18.6. The molecule has 1 atom stereocenters. The van der Waals surface area contributed by atoms with Crippen LogP contribution >= 0.6 is 15.9 Å². The Labute approximate surface area is 187 Å². The second-order valence-electron chi connectivity index (χ2n) is 7.15. The van der Waals surface area contributed by atoms with E-state index in [1.54, 1.807) is 23.8 Å². The van der Waals surface area contributed by atoms with Crippen LogP contribution in [-0.4, -0.2) is 11.7 Å².